The van der Waals surface area contributed by atoms with E-state index in [9.17, 15) is 9.59 Å². The first-order valence-corrected chi connectivity index (χ1v) is 5.08. The molecule has 0 saturated heterocycles. The van der Waals surface area contributed by atoms with Crippen LogP contribution in [0.1, 0.15) is 5.56 Å². The number of benzene rings is 1. The zero-order chi connectivity index (χ0) is 13.7. The van der Waals surface area contributed by atoms with Gasteiger partial charge >= 0.3 is 5.97 Å². The predicted octanol–water partition coefficient (Wildman–Crippen LogP) is 0.909. The Morgan fingerprint density at radius 3 is 1.94 bits per heavy atom. The van der Waals surface area contributed by atoms with Gasteiger partial charge in [0.25, 0.3) is 0 Å². The summed E-state index contributed by atoms with van der Waals surface area (Å²) in [6.07, 6.45) is -0.265. The maximum atomic E-state index is 11.2. The van der Waals surface area contributed by atoms with E-state index >= 15 is 0 Å². The molecule has 6 heteroatoms. The number of ether oxygens (including phenoxy) is 3. The normalized spacial score (nSPS) is 9.72. The number of methoxy groups -OCH3 is 3. The van der Waals surface area contributed by atoms with E-state index in [1.807, 2.05) is 0 Å². The summed E-state index contributed by atoms with van der Waals surface area (Å²) in [5.74, 6) is -1.16. The molecule has 1 aromatic rings. The van der Waals surface area contributed by atoms with Crippen molar-refractivity contribution in [1.82, 2.24) is 0 Å². The minimum atomic E-state index is -1.48. The molecule has 1 aromatic carbocycles. The first-order valence-electron chi connectivity index (χ1n) is 5.08. The smallest absolute Gasteiger partial charge is 0.372 e. The second-order valence-corrected chi connectivity index (χ2v) is 3.42. The first kappa shape index (κ1) is 13.8. The molecule has 1 rings (SSSR count). The van der Waals surface area contributed by atoms with Crippen LogP contribution in [0.15, 0.2) is 12.1 Å². The summed E-state index contributed by atoms with van der Waals surface area (Å²) in [5, 5.41) is 8.59. The van der Waals surface area contributed by atoms with Crippen molar-refractivity contribution in [1.29, 1.82) is 0 Å². The Hall–Kier alpha value is -2.24. The molecule has 0 heterocycles. The molecule has 0 bridgehead atoms. The second kappa shape index (κ2) is 5.90. The lowest BCUT2D eigenvalue weighted by atomic mass is 10.1. The van der Waals surface area contributed by atoms with E-state index in [0.29, 0.717) is 22.8 Å². The molecule has 1 N–H and O–H groups in total. The van der Waals surface area contributed by atoms with Crippen molar-refractivity contribution >= 4 is 11.8 Å². The average molecular weight is 254 g/mol. The molecule has 98 valence electrons. The van der Waals surface area contributed by atoms with Crippen molar-refractivity contribution in [2.24, 2.45) is 0 Å². The molecule has 0 aliphatic rings. The van der Waals surface area contributed by atoms with Gasteiger partial charge in [0.1, 0.15) is 5.75 Å². The van der Waals surface area contributed by atoms with Gasteiger partial charge in [0, 0.05) is 18.1 Å². The molecular formula is C12H14O6. The summed E-state index contributed by atoms with van der Waals surface area (Å²) in [6, 6.07) is 3.07. The lowest BCUT2D eigenvalue weighted by Gasteiger charge is -2.13. The molecule has 0 unspecified atom stereocenters. The fourth-order valence-corrected chi connectivity index (χ4v) is 1.48. The monoisotopic (exact) mass is 254 g/mol. The number of hydrogen-bond donors (Lipinski definition) is 1. The number of carbonyl (C=O) groups excluding carboxylic acids is 1. The molecule has 0 aromatic heterocycles. The topological polar surface area (TPSA) is 82.1 Å². The number of rotatable bonds is 6. The van der Waals surface area contributed by atoms with Crippen LogP contribution in [0.25, 0.3) is 0 Å². The van der Waals surface area contributed by atoms with Gasteiger partial charge in [0.15, 0.2) is 11.5 Å². The summed E-state index contributed by atoms with van der Waals surface area (Å²) >= 11 is 0. The largest absolute Gasteiger partial charge is 0.496 e. The minimum absolute atomic E-state index is 0.265. The van der Waals surface area contributed by atoms with Crippen LogP contribution in [0.4, 0.5) is 0 Å². The predicted molar refractivity (Wildman–Crippen MR) is 62.4 cm³/mol. The van der Waals surface area contributed by atoms with Crippen LogP contribution >= 0.6 is 0 Å². The van der Waals surface area contributed by atoms with E-state index in [1.165, 1.54) is 27.4 Å². The number of carboxylic acid groups (broad SMARTS) is 1. The summed E-state index contributed by atoms with van der Waals surface area (Å²) < 4.78 is 15.2. The minimum Gasteiger partial charge on any atom is -0.496 e. The van der Waals surface area contributed by atoms with Crippen LogP contribution in [-0.4, -0.2) is 38.2 Å². The Labute approximate surface area is 104 Å². The maximum absolute atomic E-state index is 11.2. The highest BCUT2D eigenvalue weighted by Crippen LogP contribution is 2.34. The van der Waals surface area contributed by atoms with Gasteiger partial charge in [-0.3, -0.25) is 4.79 Å². The maximum Gasteiger partial charge on any atom is 0.372 e. The fourth-order valence-electron chi connectivity index (χ4n) is 1.48. The van der Waals surface area contributed by atoms with E-state index in [2.05, 4.69) is 0 Å². The number of Topliss-reactive ketones (excluding diaryl/α,β-unsaturated/α-hetero) is 1. The highest BCUT2D eigenvalue weighted by Gasteiger charge is 2.18. The highest BCUT2D eigenvalue weighted by atomic mass is 16.5. The Kier molecular flexibility index (Phi) is 4.53. The van der Waals surface area contributed by atoms with Gasteiger partial charge in [-0.15, -0.1) is 0 Å². The van der Waals surface area contributed by atoms with Crippen molar-refractivity contribution in [3.05, 3.63) is 17.7 Å². The third kappa shape index (κ3) is 2.91. The number of hydrogen-bond acceptors (Lipinski definition) is 5. The van der Waals surface area contributed by atoms with Crippen LogP contribution in [0.2, 0.25) is 0 Å². The van der Waals surface area contributed by atoms with Crippen molar-refractivity contribution in [2.75, 3.05) is 21.3 Å². The van der Waals surface area contributed by atoms with E-state index < -0.39 is 11.8 Å². The molecular weight excluding hydrogens is 240 g/mol. The van der Waals surface area contributed by atoms with Gasteiger partial charge in [0.2, 0.25) is 5.78 Å². The SMILES string of the molecule is COc1cc(OC)c(OC)cc1CC(=O)C(=O)O. The van der Waals surface area contributed by atoms with Crippen LogP contribution < -0.4 is 14.2 Å². The highest BCUT2D eigenvalue weighted by molar-refractivity contribution is 6.33. The quantitative estimate of drug-likeness (QED) is 0.760. The van der Waals surface area contributed by atoms with E-state index in [0.717, 1.165) is 0 Å². The Balaban J connectivity index is 3.17. The van der Waals surface area contributed by atoms with Gasteiger partial charge in [-0.1, -0.05) is 0 Å². The van der Waals surface area contributed by atoms with Crippen LogP contribution in [0, 0.1) is 0 Å². The van der Waals surface area contributed by atoms with Crippen molar-refractivity contribution in [3.63, 3.8) is 0 Å². The molecule has 6 nitrogen and oxygen atoms in total. The average Bonchev–Trinajstić information content (AvgIpc) is 2.37. The van der Waals surface area contributed by atoms with E-state index in [1.54, 1.807) is 6.07 Å². The zero-order valence-corrected chi connectivity index (χ0v) is 10.4. The number of aliphatic carboxylic acids is 1. The van der Waals surface area contributed by atoms with Gasteiger partial charge in [-0.2, -0.15) is 0 Å². The molecule has 0 aliphatic carbocycles. The molecule has 0 amide bonds. The van der Waals surface area contributed by atoms with Crippen molar-refractivity contribution < 1.29 is 28.9 Å². The van der Waals surface area contributed by atoms with Crippen molar-refractivity contribution in [3.8, 4) is 17.2 Å². The van der Waals surface area contributed by atoms with E-state index in [-0.39, 0.29) is 6.42 Å². The summed E-state index contributed by atoms with van der Waals surface area (Å²) in [5.41, 5.74) is 0.433. The molecule has 0 aliphatic heterocycles. The lowest BCUT2D eigenvalue weighted by Crippen LogP contribution is -2.15. The molecule has 0 atom stereocenters. The van der Waals surface area contributed by atoms with Crippen LogP contribution in [-0.2, 0) is 16.0 Å². The van der Waals surface area contributed by atoms with E-state index in [4.69, 9.17) is 19.3 Å². The number of carboxylic acids is 1. The summed E-state index contributed by atoms with van der Waals surface area (Å²) in [7, 11) is 4.35. The number of carbonyl (C=O) groups is 2. The first-order chi connectivity index (χ1) is 8.53. The van der Waals surface area contributed by atoms with Gasteiger partial charge in [-0.05, 0) is 6.07 Å². The summed E-state index contributed by atoms with van der Waals surface area (Å²) in [4.78, 5) is 21.7. The Morgan fingerprint density at radius 1 is 1.00 bits per heavy atom. The van der Waals surface area contributed by atoms with Gasteiger partial charge in [0.05, 0.1) is 21.3 Å². The second-order valence-electron chi connectivity index (χ2n) is 3.42. The third-order valence-electron chi connectivity index (χ3n) is 2.38. The third-order valence-corrected chi connectivity index (χ3v) is 2.38. The molecule has 0 spiro atoms. The molecule has 0 radical (unpaired) electrons. The fraction of sp³-hybridized carbons (Fsp3) is 0.333. The van der Waals surface area contributed by atoms with Crippen molar-refractivity contribution in [2.45, 2.75) is 6.42 Å². The van der Waals surface area contributed by atoms with Gasteiger partial charge in [-0.25, -0.2) is 4.79 Å². The standard InChI is InChI=1S/C12H14O6/c1-16-9-6-11(18-3)10(17-2)5-7(9)4-8(13)12(14)15/h5-6H,4H2,1-3H3,(H,14,15). The Morgan fingerprint density at radius 2 is 1.50 bits per heavy atom. The van der Waals surface area contributed by atoms with Gasteiger partial charge < -0.3 is 19.3 Å². The molecule has 0 saturated carbocycles. The zero-order valence-electron chi connectivity index (χ0n) is 10.4. The number of ketones is 1. The molecule has 0 fully saturated rings. The van der Waals surface area contributed by atoms with Crippen LogP contribution in [0.3, 0.4) is 0 Å². The lowest BCUT2D eigenvalue weighted by molar-refractivity contribution is -0.148. The van der Waals surface area contributed by atoms with Crippen LogP contribution in [0.5, 0.6) is 17.2 Å². The molecule has 18 heavy (non-hydrogen) atoms. The summed E-state index contributed by atoms with van der Waals surface area (Å²) in [6.45, 7) is 0. The Bertz CT molecular complexity index is 466.